The molecule has 3 aromatic heterocycles. The van der Waals surface area contributed by atoms with Crippen LogP contribution in [0.3, 0.4) is 0 Å². The predicted octanol–water partition coefficient (Wildman–Crippen LogP) is 3.84. The van der Waals surface area contributed by atoms with Crippen LogP contribution in [0, 0.1) is 6.92 Å². The Hall–Kier alpha value is -2.92. The topological polar surface area (TPSA) is 85.0 Å². The summed E-state index contributed by atoms with van der Waals surface area (Å²) in [5, 5.41) is 4.12. The zero-order valence-corrected chi connectivity index (χ0v) is 23.2. The fourth-order valence-corrected chi connectivity index (χ4v) is 6.53. The minimum absolute atomic E-state index is 0.0719. The number of nitrogens with one attached hydrogen (secondary N) is 1. The number of alkyl halides is 1. The van der Waals surface area contributed by atoms with Crippen LogP contribution < -0.4 is 16.6 Å². The van der Waals surface area contributed by atoms with E-state index in [0.29, 0.717) is 17.1 Å². The zero-order chi connectivity index (χ0) is 27.0. The summed E-state index contributed by atoms with van der Waals surface area (Å²) in [5.74, 6) is 0. The number of fused-ring (bicyclic) bond motifs is 1. The Balaban J connectivity index is 1.58. The van der Waals surface area contributed by atoms with E-state index in [9.17, 15) is 14.0 Å². The van der Waals surface area contributed by atoms with Gasteiger partial charge in [-0.2, -0.15) is 0 Å². The molecule has 0 spiro atoms. The van der Waals surface area contributed by atoms with E-state index < -0.39 is 17.9 Å². The molecule has 2 atom stereocenters. The van der Waals surface area contributed by atoms with Gasteiger partial charge in [-0.05, 0) is 50.1 Å². The van der Waals surface area contributed by atoms with Gasteiger partial charge in [0, 0.05) is 59.4 Å². The van der Waals surface area contributed by atoms with Crippen LogP contribution in [0.15, 0.2) is 46.4 Å². The van der Waals surface area contributed by atoms with Gasteiger partial charge in [0.2, 0.25) is 0 Å². The van der Waals surface area contributed by atoms with Crippen LogP contribution in [0.1, 0.15) is 29.9 Å². The summed E-state index contributed by atoms with van der Waals surface area (Å²) in [4.78, 5) is 37.7. The average Bonchev–Trinajstić information content (AvgIpc) is 3.29. The summed E-state index contributed by atoms with van der Waals surface area (Å²) in [7, 11) is 0. The molecule has 4 aromatic rings. The molecule has 8 nitrogen and oxygen atoms in total. The van der Waals surface area contributed by atoms with Gasteiger partial charge in [-0.1, -0.05) is 11.6 Å². The molecule has 4 heterocycles. The molecule has 1 aromatic carbocycles. The van der Waals surface area contributed by atoms with Crippen LogP contribution in [-0.2, 0) is 19.6 Å². The number of benzene rings is 1. The third-order valence-electron chi connectivity index (χ3n) is 7.19. The molecule has 11 heteroatoms. The lowest BCUT2D eigenvalue weighted by molar-refractivity contribution is 0.109. The molecular formula is C27H30ClFN6O2S. The average molecular weight is 557 g/mol. The molecule has 0 unspecified atom stereocenters. The fraction of sp³-hybridized carbons (Fsp3) is 0.407. The van der Waals surface area contributed by atoms with Crippen molar-refractivity contribution in [2.45, 2.75) is 52.5 Å². The molecule has 200 valence electrons. The second-order valence-electron chi connectivity index (χ2n) is 9.83. The second kappa shape index (κ2) is 11.1. The summed E-state index contributed by atoms with van der Waals surface area (Å²) < 4.78 is 16.1. The Morgan fingerprint density at radius 3 is 2.63 bits per heavy atom. The molecule has 0 bridgehead atoms. The quantitative estimate of drug-likeness (QED) is 0.372. The minimum Gasteiger partial charge on any atom is -0.314 e. The number of nitrogens with zero attached hydrogens (tertiary/aromatic N) is 5. The molecule has 1 N–H and O–H groups in total. The number of rotatable bonds is 7. The van der Waals surface area contributed by atoms with Crippen molar-refractivity contribution in [3.63, 3.8) is 0 Å². The van der Waals surface area contributed by atoms with Gasteiger partial charge < -0.3 is 5.32 Å². The molecule has 38 heavy (non-hydrogen) atoms. The summed E-state index contributed by atoms with van der Waals surface area (Å²) in [6.07, 6.45) is 2.87. The van der Waals surface area contributed by atoms with Gasteiger partial charge >= 0.3 is 5.69 Å². The summed E-state index contributed by atoms with van der Waals surface area (Å²) in [6, 6.07) is 7.87. The van der Waals surface area contributed by atoms with Crippen LogP contribution >= 0.6 is 22.9 Å². The molecule has 0 radical (unpaired) electrons. The van der Waals surface area contributed by atoms with Gasteiger partial charge in [0.15, 0.2) is 0 Å². The van der Waals surface area contributed by atoms with E-state index in [1.165, 1.54) is 40.1 Å². The van der Waals surface area contributed by atoms with Crippen molar-refractivity contribution in [1.82, 2.24) is 29.3 Å². The van der Waals surface area contributed by atoms with Crippen LogP contribution in [-0.4, -0.2) is 55.8 Å². The Kier molecular flexibility index (Phi) is 7.76. The highest BCUT2D eigenvalue weighted by atomic mass is 35.5. The number of aromatic nitrogens is 4. The van der Waals surface area contributed by atoms with E-state index in [-0.39, 0.29) is 13.1 Å². The van der Waals surface area contributed by atoms with Crippen molar-refractivity contribution in [1.29, 1.82) is 0 Å². The number of hydrogen-bond acceptors (Lipinski definition) is 7. The van der Waals surface area contributed by atoms with Crippen LogP contribution in [0.2, 0.25) is 5.02 Å². The van der Waals surface area contributed by atoms with E-state index in [1.807, 2.05) is 18.2 Å². The first-order valence-corrected chi connectivity index (χ1v) is 13.8. The Bertz CT molecular complexity index is 1590. The van der Waals surface area contributed by atoms with Gasteiger partial charge in [0.05, 0.1) is 29.0 Å². The SMILES string of the molecule is Cc1cc(Cl)cc(-c2ncnc3cc(Cn4c(=O)ccn(CCF)c4=O)sc23)c1CN1[C@@H](C)CNC[C@@H]1C. The van der Waals surface area contributed by atoms with Crippen LogP contribution in [0.25, 0.3) is 21.5 Å². The lowest BCUT2D eigenvalue weighted by atomic mass is 9.96. The largest absolute Gasteiger partial charge is 0.331 e. The van der Waals surface area contributed by atoms with Gasteiger partial charge in [0.25, 0.3) is 5.56 Å². The number of piperazine rings is 1. The molecule has 1 saturated heterocycles. The molecular weight excluding hydrogens is 527 g/mol. The van der Waals surface area contributed by atoms with Gasteiger partial charge in [-0.3, -0.25) is 18.8 Å². The minimum atomic E-state index is -0.688. The molecule has 0 aliphatic carbocycles. The van der Waals surface area contributed by atoms with E-state index >= 15 is 0 Å². The van der Waals surface area contributed by atoms with Crippen molar-refractivity contribution in [2.75, 3.05) is 19.8 Å². The third kappa shape index (κ3) is 5.18. The Morgan fingerprint density at radius 1 is 1.13 bits per heavy atom. The summed E-state index contributed by atoms with van der Waals surface area (Å²) in [5.41, 5.74) is 3.76. The van der Waals surface area contributed by atoms with Gasteiger partial charge in [-0.25, -0.2) is 19.2 Å². The van der Waals surface area contributed by atoms with E-state index in [0.717, 1.165) is 56.1 Å². The highest BCUT2D eigenvalue weighted by molar-refractivity contribution is 7.19. The second-order valence-corrected chi connectivity index (χ2v) is 11.4. The molecule has 1 aliphatic rings. The first-order chi connectivity index (χ1) is 18.3. The Labute approximate surface area is 228 Å². The lowest BCUT2D eigenvalue weighted by Gasteiger charge is -2.40. The molecule has 1 fully saturated rings. The van der Waals surface area contributed by atoms with Crippen molar-refractivity contribution in [2.24, 2.45) is 0 Å². The summed E-state index contributed by atoms with van der Waals surface area (Å²) in [6.45, 7) is 8.46. The van der Waals surface area contributed by atoms with Crippen LogP contribution in [0.4, 0.5) is 4.39 Å². The number of hydrogen-bond donors (Lipinski definition) is 1. The molecule has 0 amide bonds. The maximum Gasteiger partial charge on any atom is 0.331 e. The number of halogens is 2. The van der Waals surface area contributed by atoms with Gasteiger partial charge in [-0.15, -0.1) is 11.3 Å². The monoisotopic (exact) mass is 556 g/mol. The van der Waals surface area contributed by atoms with Crippen LogP contribution in [0.5, 0.6) is 0 Å². The normalized spacial score (nSPS) is 18.3. The van der Waals surface area contributed by atoms with Crippen molar-refractivity contribution in [3.05, 3.63) is 78.7 Å². The zero-order valence-electron chi connectivity index (χ0n) is 21.6. The van der Waals surface area contributed by atoms with Crippen molar-refractivity contribution >= 4 is 33.2 Å². The van der Waals surface area contributed by atoms with E-state index in [1.54, 1.807) is 0 Å². The Morgan fingerprint density at radius 2 is 1.89 bits per heavy atom. The van der Waals surface area contributed by atoms with E-state index in [2.05, 4.69) is 41.0 Å². The maximum absolute atomic E-state index is 12.9. The fourth-order valence-electron chi connectivity index (χ4n) is 5.15. The maximum atomic E-state index is 12.9. The first kappa shape index (κ1) is 26.7. The molecule has 0 saturated carbocycles. The lowest BCUT2D eigenvalue weighted by Crippen LogP contribution is -2.54. The smallest absolute Gasteiger partial charge is 0.314 e. The first-order valence-electron chi connectivity index (χ1n) is 12.6. The van der Waals surface area contributed by atoms with Gasteiger partial charge in [0.1, 0.15) is 13.0 Å². The standard InChI is InChI=1S/C27H30ClFN6O2S/c1-16-8-19(28)9-21(22(16)14-34-17(2)11-30-12-18(34)3)25-26-23(31-15-32-25)10-20(38-26)13-35-24(36)4-6-33(7-5-29)27(35)37/h4,6,8-10,15,17-18,30H,5,7,11-14H2,1-3H3/t17-,18-/m0/s1. The molecule has 5 rings (SSSR count). The number of aryl methyl sites for hydroxylation is 2. The highest BCUT2D eigenvalue weighted by Gasteiger charge is 2.27. The third-order valence-corrected chi connectivity index (χ3v) is 8.52. The summed E-state index contributed by atoms with van der Waals surface area (Å²) >= 11 is 7.99. The predicted molar refractivity (Wildman–Crippen MR) is 150 cm³/mol. The number of thiophene rings is 1. The van der Waals surface area contributed by atoms with Crippen molar-refractivity contribution in [3.8, 4) is 11.3 Å². The highest BCUT2D eigenvalue weighted by Crippen LogP contribution is 2.37. The van der Waals surface area contributed by atoms with Crippen molar-refractivity contribution < 1.29 is 4.39 Å². The molecule has 1 aliphatic heterocycles. The van der Waals surface area contributed by atoms with E-state index in [4.69, 9.17) is 11.6 Å².